The maximum atomic E-state index is 14.1. The predicted molar refractivity (Wildman–Crippen MR) is 237 cm³/mol. The second-order valence-corrected chi connectivity index (χ2v) is 15.7. The number of amidine groups is 2. The third kappa shape index (κ3) is 7.54. The summed E-state index contributed by atoms with van der Waals surface area (Å²) in [4.78, 5) is 43.0. The molecule has 8 heteroatoms. The van der Waals surface area contributed by atoms with Crippen LogP contribution in [0.5, 0.6) is 0 Å². The molecule has 0 bridgehead atoms. The number of amides is 2. The standard InChI is InChI=1S/C48H38N4O2S2/c1-31-15-11-13-21-39(31)49-47-51(45(53)43(55-47)29-35-17-7-5-8-18-35)41-25-23-37(27-33(41)3)38-24-26-42(34(4)28-38)52-46(54)44(30-36-19-9-6-10-20-36)56-48(52)50-40-22-14-12-16-32(40)2/h5-30H,1-4H3/b43-29+,44-30+,49-47?,50-48?. The van der Waals surface area contributed by atoms with E-state index in [4.69, 9.17) is 9.98 Å². The van der Waals surface area contributed by atoms with Crippen molar-refractivity contribution in [2.24, 2.45) is 9.98 Å². The third-order valence-corrected chi connectivity index (χ3v) is 11.6. The Balaban J connectivity index is 1.14. The number of nitrogens with zero attached hydrogens (tertiary/aromatic N) is 4. The van der Waals surface area contributed by atoms with E-state index >= 15 is 0 Å². The fraction of sp³-hybridized carbons (Fsp3) is 0.0833. The number of rotatable bonds is 7. The second kappa shape index (κ2) is 15.9. The maximum absolute atomic E-state index is 14.1. The van der Waals surface area contributed by atoms with Gasteiger partial charge in [0.2, 0.25) is 0 Å². The summed E-state index contributed by atoms with van der Waals surface area (Å²) in [5, 5.41) is 1.22. The first kappa shape index (κ1) is 36.7. The van der Waals surface area contributed by atoms with Crippen LogP contribution in [0.3, 0.4) is 0 Å². The zero-order valence-corrected chi connectivity index (χ0v) is 33.1. The molecule has 6 aromatic carbocycles. The molecule has 0 aromatic heterocycles. The van der Waals surface area contributed by atoms with Crippen LogP contribution in [0.25, 0.3) is 23.3 Å². The van der Waals surface area contributed by atoms with Gasteiger partial charge in [-0.25, -0.2) is 9.98 Å². The van der Waals surface area contributed by atoms with Crippen molar-refractivity contribution in [3.05, 3.63) is 189 Å². The molecule has 2 heterocycles. The van der Waals surface area contributed by atoms with Crippen LogP contribution in [-0.2, 0) is 9.59 Å². The van der Waals surface area contributed by atoms with Crippen molar-refractivity contribution in [2.75, 3.05) is 9.80 Å². The minimum atomic E-state index is -0.112. The molecule has 0 atom stereocenters. The molecule has 0 aliphatic carbocycles. The van der Waals surface area contributed by atoms with E-state index in [2.05, 4.69) is 12.1 Å². The molecule has 56 heavy (non-hydrogen) atoms. The van der Waals surface area contributed by atoms with E-state index in [9.17, 15) is 9.59 Å². The Kier molecular flexibility index (Phi) is 10.4. The second-order valence-electron chi connectivity index (χ2n) is 13.7. The molecule has 6 nitrogen and oxygen atoms in total. The highest BCUT2D eigenvalue weighted by atomic mass is 32.2. The number of para-hydroxylation sites is 2. The Bertz CT molecular complexity index is 2450. The summed E-state index contributed by atoms with van der Waals surface area (Å²) in [6.45, 7) is 8.10. The van der Waals surface area contributed by atoms with Gasteiger partial charge in [-0.1, -0.05) is 109 Å². The highest BCUT2D eigenvalue weighted by molar-refractivity contribution is 8.19. The third-order valence-electron chi connectivity index (χ3n) is 9.68. The molecule has 6 aromatic rings. The van der Waals surface area contributed by atoms with E-state index in [0.29, 0.717) is 20.1 Å². The van der Waals surface area contributed by atoms with E-state index in [0.717, 1.165) is 67.3 Å². The summed E-state index contributed by atoms with van der Waals surface area (Å²) >= 11 is 2.77. The molecule has 0 N–H and O–H groups in total. The molecular formula is C48H38N4O2S2. The van der Waals surface area contributed by atoms with Crippen LogP contribution < -0.4 is 9.80 Å². The normalized spacial score (nSPS) is 17.3. The number of thioether (sulfide) groups is 2. The van der Waals surface area contributed by atoms with Gasteiger partial charge < -0.3 is 0 Å². The summed E-state index contributed by atoms with van der Waals surface area (Å²) in [6, 6.07) is 47.9. The van der Waals surface area contributed by atoms with Gasteiger partial charge in [0.15, 0.2) is 10.3 Å². The van der Waals surface area contributed by atoms with E-state index in [1.165, 1.54) is 23.5 Å². The number of benzene rings is 6. The van der Waals surface area contributed by atoms with Crippen LogP contribution in [0.2, 0.25) is 0 Å². The number of carbonyl (C=O) groups excluding carboxylic acids is 2. The van der Waals surface area contributed by atoms with Crippen LogP contribution in [0.1, 0.15) is 33.4 Å². The molecule has 2 fully saturated rings. The topological polar surface area (TPSA) is 65.3 Å². The molecule has 0 spiro atoms. The summed E-state index contributed by atoms with van der Waals surface area (Å²) < 4.78 is 0. The molecule has 0 unspecified atom stereocenters. The van der Waals surface area contributed by atoms with E-state index < -0.39 is 0 Å². The molecule has 8 rings (SSSR count). The highest BCUT2D eigenvalue weighted by Gasteiger charge is 2.37. The van der Waals surface area contributed by atoms with Crippen molar-refractivity contribution >= 4 is 80.6 Å². The molecule has 0 radical (unpaired) electrons. The van der Waals surface area contributed by atoms with Gasteiger partial charge in [-0.15, -0.1) is 0 Å². The van der Waals surface area contributed by atoms with Crippen LogP contribution >= 0.6 is 23.5 Å². The molecule has 2 aliphatic rings. The molecule has 274 valence electrons. The fourth-order valence-electron chi connectivity index (χ4n) is 6.68. The highest BCUT2D eigenvalue weighted by Crippen LogP contribution is 2.42. The number of aliphatic imine (C=N–C) groups is 2. The number of hydrogen-bond acceptors (Lipinski definition) is 6. The van der Waals surface area contributed by atoms with Gasteiger partial charge in [-0.3, -0.25) is 19.4 Å². The van der Waals surface area contributed by atoms with Gasteiger partial charge in [0.25, 0.3) is 11.8 Å². The average Bonchev–Trinajstić information content (AvgIpc) is 3.67. The van der Waals surface area contributed by atoms with Crippen molar-refractivity contribution in [2.45, 2.75) is 27.7 Å². The van der Waals surface area contributed by atoms with Gasteiger partial charge in [0.1, 0.15) is 0 Å². The van der Waals surface area contributed by atoms with Crippen molar-refractivity contribution in [1.29, 1.82) is 0 Å². The Morgan fingerprint density at radius 3 is 1.20 bits per heavy atom. The zero-order valence-electron chi connectivity index (χ0n) is 31.4. The lowest BCUT2D eigenvalue weighted by atomic mass is 9.99. The van der Waals surface area contributed by atoms with Crippen molar-refractivity contribution < 1.29 is 9.59 Å². The fourth-order valence-corrected chi connectivity index (χ4v) is 8.65. The number of hydrogen-bond donors (Lipinski definition) is 0. The lowest BCUT2D eigenvalue weighted by molar-refractivity contribution is -0.114. The van der Waals surface area contributed by atoms with Crippen LogP contribution in [-0.4, -0.2) is 22.1 Å². The van der Waals surface area contributed by atoms with Gasteiger partial charge >= 0.3 is 0 Å². The SMILES string of the molecule is Cc1ccccc1N=C1S/C(=C/c2ccccc2)C(=O)N1c1ccc(-c2ccc(N3C(=O)/C(=C\c4ccccc4)SC3=Nc3ccccc3C)c(C)c2)cc1C. The average molecular weight is 767 g/mol. The lowest BCUT2D eigenvalue weighted by Crippen LogP contribution is -2.29. The van der Waals surface area contributed by atoms with Gasteiger partial charge in [-0.2, -0.15) is 0 Å². The van der Waals surface area contributed by atoms with E-state index in [1.54, 1.807) is 9.80 Å². The Morgan fingerprint density at radius 2 is 0.821 bits per heavy atom. The Labute approximate surface area is 336 Å². The first-order valence-electron chi connectivity index (χ1n) is 18.3. The van der Waals surface area contributed by atoms with Crippen LogP contribution in [0.4, 0.5) is 22.7 Å². The maximum Gasteiger partial charge on any atom is 0.271 e. The molecular weight excluding hydrogens is 729 g/mol. The summed E-state index contributed by atoms with van der Waals surface area (Å²) in [5.41, 5.74) is 11.0. The quantitative estimate of drug-likeness (QED) is 0.152. The van der Waals surface area contributed by atoms with Gasteiger partial charge in [0.05, 0.1) is 32.6 Å². The largest absolute Gasteiger partial charge is 0.271 e. The smallest absolute Gasteiger partial charge is 0.268 e. The zero-order chi connectivity index (χ0) is 38.8. The van der Waals surface area contributed by atoms with Crippen molar-refractivity contribution in [3.63, 3.8) is 0 Å². The summed E-state index contributed by atoms with van der Waals surface area (Å²) in [6.07, 6.45) is 3.85. The first-order chi connectivity index (χ1) is 27.2. The van der Waals surface area contributed by atoms with Crippen molar-refractivity contribution in [1.82, 2.24) is 0 Å². The molecule has 2 amide bonds. The Morgan fingerprint density at radius 1 is 0.446 bits per heavy atom. The molecule has 0 saturated carbocycles. The number of aryl methyl sites for hydroxylation is 4. The minimum Gasteiger partial charge on any atom is -0.268 e. The van der Waals surface area contributed by atoms with E-state index in [1.807, 2.05) is 173 Å². The van der Waals surface area contributed by atoms with Crippen molar-refractivity contribution in [3.8, 4) is 11.1 Å². The molecule has 2 saturated heterocycles. The summed E-state index contributed by atoms with van der Waals surface area (Å²) in [7, 11) is 0. The van der Waals surface area contributed by atoms with Gasteiger partial charge in [0, 0.05) is 0 Å². The predicted octanol–water partition coefficient (Wildman–Crippen LogP) is 12.2. The monoisotopic (exact) mass is 766 g/mol. The van der Waals surface area contributed by atoms with E-state index in [-0.39, 0.29) is 11.8 Å². The minimum absolute atomic E-state index is 0.112. The number of carbonyl (C=O) groups is 2. The Hall–Kier alpha value is -6.22. The summed E-state index contributed by atoms with van der Waals surface area (Å²) in [5.74, 6) is -0.224. The molecule has 2 aliphatic heterocycles. The number of anilines is 2. The van der Waals surface area contributed by atoms with Crippen LogP contribution in [0, 0.1) is 27.7 Å². The van der Waals surface area contributed by atoms with Crippen LogP contribution in [0.15, 0.2) is 165 Å². The first-order valence-corrected chi connectivity index (χ1v) is 20.0. The van der Waals surface area contributed by atoms with Gasteiger partial charge in [-0.05, 0) is 144 Å². The lowest BCUT2D eigenvalue weighted by Gasteiger charge is -2.21.